The fourth-order valence-corrected chi connectivity index (χ4v) is 5.09. The highest BCUT2D eigenvalue weighted by Crippen LogP contribution is 2.44. The smallest absolute Gasteiger partial charge is 0.280 e. The second kappa shape index (κ2) is 7.66. The first-order chi connectivity index (χ1) is 16.4. The molecule has 2 aromatic heterocycles. The summed E-state index contributed by atoms with van der Waals surface area (Å²) in [7, 11) is 1.80. The average Bonchev–Trinajstić information content (AvgIpc) is 3.48. The molecule has 9 heteroatoms. The lowest BCUT2D eigenvalue weighted by Gasteiger charge is -2.33. The summed E-state index contributed by atoms with van der Waals surface area (Å²) < 4.78 is 23.1. The summed E-state index contributed by atoms with van der Waals surface area (Å²) in [6.07, 6.45) is 1.71. The molecular weight excluding hydrogens is 435 g/mol. The van der Waals surface area contributed by atoms with Crippen LogP contribution in [-0.4, -0.2) is 51.5 Å². The number of carbonyl (C=O) groups is 1. The molecule has 2 aliphatic heterocycles. The van der Waals surface area contributed by atoms with Gasteiger partial charge in [-0.2, -0.15) is 5.10 Å². The molecule has 0 radical (unpaired) electrons. The number of rotatable bonds is 3. The SMILES string of the molecule is Cc1c2c(nn1C)C(=O)N(c1ccc3nc[nH]c3c1)C2c1ccc(N2CCO[C@@H](C)C2)cc1F. The maximum Gasteiger partial charge on any atom is 0.280 e. The number of anilines is 2. The molecule has 174 valence electrons. The Balaban J connectivity index is 1.47. The van der Waals surface area contributed by atoms with E-state index in [0.717, 1.165) is 28.0 Å². The van der Waals surface area contributed by atoms with Crippen molar-refractivity contribution in [3.05, 3.63) is 71.1 Å². The van der Waals surface area contributed by atoms with Crippen molar-refractivity contribution in [3.8, 4) is 0 Å². The van der Waals surface area contributed by atoms with Crippen LogP contribution in [0.2, 0.25) is 0 Å². The number of benzene rings is 2. The molecule has 8 nitrogen and oxygen atoms in total. The van der Waals surface area contributed by atoms with Gasteiger partial charge in [0.1, 0.15) is 5.82 Å². The molecule has 1 saturated heterocycles. The Labute approximate surface area is 195 Å². The van der Waals surface area contributed by atoms with Crippen LogP contribution in [0.3, 0.4) is 0 Å². The molecule has 6 rings (SSSR count). The van der Waals surface area contributed by atoms with Gasteiger partial charge in [0.2, 0.25) is 0 Å². The highest BCUT2D eigenvalue weighted by atomic mass is 19.1. The number of morpholine rings is 1. The van der Waals surface area contributed by atoms with E-state index in [4.69, 9.17) is 4.74 Å². The summed E-state index contributed by atoms with van der Waals surface area (Å²) in [6.45, 7) is 5.97. The van der Waals surface area contributed by atoms with Crippen LogP contribution in [0, 0.1) is 12.7 Å². The molecule has 4 heterocycles. The number of nitrogens with one attached hydrogen (secondary N) is 1. The summed E-state index contributed by atoms with van der Waals surface area (Å²) in [5.41, 5.74) is 5.47. The monoisotopic (exact) mass is 460 g/mol. The second-order valence-corrected chi connectivity index (χ2v) is 8.99. The molecule has 1 amide bonds. The summed E-state index contributed by atoms with van der Waals surface area (Å²) in [5.74, 6) is -0.591. The Morgan fingerprint density at radius 3 is 2.79 bits per heavy atom. The van der Waals surface area contributed by atoms with Crippen molar-refractivity contribution in [1.82, 2.24) is 19.7 Å². The van der Waals surface area contributed by atoms with Crippen LogP contribution in [0.25, 0.3) is 11.0 Å². The van der Waals surface area contributed by atoms with Gasteiger partial charge in [0.05, 0.1) is 36.1 Å². The molecule has 2 aromatic carbocycles. The Kier molecular flexibility index (Phi) is 4.70. The molecule has 4 aromatic rings. The zero-order valence-corrected chi connectivity index (χ0v) is 19.2. The molecule has 2 aliphatic rings. The molecule has 1 fully saturated rings. The van der Waals surface area contributed by atoms with Gasteiger partial charge in [-0.25, -0.2) is 9.37 Å². The minimum Gasteiger partial charge on any atom is -0.375 e. The van der Waals surface area contributed by atoms with Gasteiger partial charge in [-0.05, 0) is 44.2 Å². The van der Waals surface area contributed by atoms with Crippen molar-refractivity contribution in [2.45, 2.75) is 26.0 Å². The zero-order chi connectivity index (χ0) is 23.6. The van der Waals surface area contributed by atoms with Crippen LogP contribution in [0.15, 0.2) is 42.7 Å². The van der Waals surface area contributed by atoms with Crippen LogP contribution >= 0.6 is 0 Å². The predicted octanol–water partition coefficient (Wildman–Crippen LogP) is 3.72. The first-order valence-electron chi connectivity index (χ1n) is 11.4. The summed E-state index contributed by atoms with van der Waals surface area (Å²) in [5, 5.41) is 4.47. The largest absolute Gasteiger partial charge is 0.375 e. The number of carbonyl (C=O) groups excluding carboxylic acids is 1. The van der Waals surface area contributed by atoms with Gasteiger partial charge < -0.3 is 14.6 Å². The van der Waals surface area contributed by atoms with E-state index in [-0.39, 0.29) is 17.8 Å². The number of aryl methyl sites for hydroxylation is 1. The number of fused-ring (bicyclic) bond motifs is 2. The average molecular weight is 461 g/mol. The maximum atomic E-state index is 15.8. The van der Waals surface area contributed by atoms with Crippen LogP contribution in [0.1, 0.15) is 40.3 Å². The molecule has 0 aliphatic carbocycles. The lowest BCUT2D eigenvalue weighted by atomic mass is 9.97. The Morgan fingerprint density at radius 1 is 1.18 bits per heavy atom. The van der Waals surface area contributed by atoms with Crippen molar-refractivity contribution in [2.75, 3.05) is 29.5 Å². The first kappa shape index (κ1) is 20.9. The number of nitrogens with zero attached hydrogens (tertiary/aromatic N) is 5. The van der Waals surface area contributed by atoms with Crippen molar-refractivity contribution in [1.29, 1.82) is 0 Å². The van der Waals surface area contributed by atoms with Gasteiger partial charge in [-0.1, -0.05) is 6.07 Å². The maximum absolute atomic E-state index is 15.8. The minimum atomic E-state index is -0.616. The zero-order valence-electron chi connectivity index (χ0n) is 19.2. The minimum absolute atomic E-state index is 0.0948. The predicted molar refractivity (Wildman–Crippen MR) is 127 cm³/mol. The van der Waals surface area contributed by atoms with E-state index in [1.165, 1.54) is 0 Å². The fraction of sp³-hybridized carbons (Fsp3) is 0.320. The number of hydrogen-bond acceptors (Lipinski definition) is 5. The van der Waals surface area contributed by atoms with Gasteiger partial charge in [-0.15, -0.1) is 0 Å². The van der Waals surface area contributed by atoms with Crippen molar-refractivity contribution >= 4 is 28.3 Å². The Hall–Kier alpha value is -3.72. The Morgan fingerprint density at radius 2 is 2.00 bits per heavy atom. The van der Waals surface area contributed by atoms with Gasteiger partial charge in [0, 0.05) is 48.3 Å². The number of aromatic amines is 1. The second-order valence-electron chi connectivity index (χ2n) is 8.99. The lowest BCUT2D eigenvalue weighted by molar-refractivity contribution is 0.0532. The third kappa shape index (κ3) is 3.11. The van der Waals surface area contributed by atoms with Crippen LogP contribution < -0.4 is 9.80 Å². The van der Waals surface area contributed by atoms with Gasteiger partial charge in [0.15, 0.2) is 5.69 Å². The summed E-state index contributed by atoms with van der Waals surface area (Å²) in [6, 6.07) is 10.2. The number of imidazole rings is 1. The van der Waals surface area contributed by atoms with Crippen LogP contribution in [0.5, 0.6) is 0 Å². The van der Waals surface area contributed by atoms with Gasteiger partial charge >= 0.3 is 0 Å². The molecule has 0 saturated carbocycles. The molecule has 0 bridgehead atoms. The van der Waals surface area contributed by atoms with E-state index < -0.39 is 6.04 Å². The number of H-pyrrole nitrogens is 1. The third-order valence-electron chi connectivity index (χ3n) is 6.90. The van der Waals surface area contributed by atoms with Gasteiger partial charge in [0.25, 0.3) is 5.91 Å². The highest BCUT2D eigenvalue weighted by molar-refractivity contribution is 6.11. The number of aromatic nitrogens is 4. The number of ether oxygens (including phenoxy) is 1. The summed E-state index contributed by atoms with van der Waals surface area (Å²) in [4.78, 5) is 24.7. The summed E-state index contributed by atoms with van der Waals surface area (Å²) >= 11 is 0. The number of halogens is 1. The molecule has 0 spiro atoms. The van der Waals surface area contributed by atoms with E-state index in [1.54, 1.807) is 35.1 Å². The molecule has 1 unspecified atom stereocenters. The normalized spacial score (nSPS) is 20.4. The van der Waals surface area contributed by atoms with Crippen LogP contribution in [-0.2, 0) is 11.8 Å². The quantitative estimate of drug-likeness (QED) is 0.504. The molecule has 2 atom stereocenters. The van der Waals surface area contributed by atoms with Crippen molar-refractivity contribution in [3.63, 3.8) is 0 Å². The van der Waals surface area contributed by atoms with E-state index in [0.29, 0.717) is 36.6 Å². The van der Waals surface area contributed by atoms with E-state index in [1.807, 2.05) is 38.1 Å². The van der Waals surface area contributed by atoms with Gasteiger partial charge in [-0.3, -0.25) is 14.4 Å². The van der Waals surface area contributed by atoms with Crippen molar-refractivity contribution in [2.24, 2.45) is 7.05 Å². The highest BCUT2D eigenvalue weighted by Gasteiger charge is 2.44. The van der Waals surface area contributed by atoms with E-state index in [9.17, 15) is 4.79 Å². The standard InChI is InChI=1S/C25H25FN6O2/c1-14-12-31(8-9-34-14)16-4-6-18(19(26)10-16)24-22-15(2)30(3)29-23(22)25(33)32(24)17-5-7-20-21(11-17)28-13-27-20/h4-7,10-11,13-14,24H,8-9,12H2,1-3H3,(H,27,28)/t14-,24?/m0/s1. The molecule has 1 N–H and O–H groups in total. The van der Waals surface area contributed by atoms with E-state index >= 15 is 4.39 Å². The topological polar surface area (TPSA) is 79.3 Å². The molecular formula is C25H25FN6O2. The van der Waals surface area contributed by atoms with Crippen LogP contribution in [0.4, 0.5) is 15.8 Å². The number of amides is 1. The van der Waals surface area contributed by atoms with Crippen molar-refractivity contribution < 1.29 is 13.9 Å². The Bertz CT molecular complexity index is 1430. The molecule has 34 heavy (non-hydrogen) atoms. The first-order valence-corrected chi connectivity index (χ1v) is 11.4. The number of hydrogen-bond donors (Lipinski definition) is 1. The third-order valence-corrected chi connectivity index (χ3v) is 6.90. The fourth-order valence-electron chi connectivity index (χ4n) is 5.09. The lowest BCUT2D eigenvalue weighted by Crippen LogP contribution is -2.41. The van der Waals surface area contributed by atoms with E-state index in [2.05, 4.69) is 20.0 Å².